The number of nitrogens with one attached hydrogen (secondary N) is 1. The molecule has 1 unspecified atom stereocenters. The van der Waals surface area contributed by atoms with Crippen molar-refractivity contribution in [3.63, 3.8) is 0 Å². The molecule has 1 saturated heterocycles. The Balaban J connectivity index is 1.64. The fraction of sp³-hybridized carbons (Fsp3) is 0.923. The minimum atomic E-state index is 0.610. The van der Waals surface area contributed by atoms with Crippen molar-refractivity contribution in [1.82, 2.24) is 5.32 Å². The minimum Gasteiger partial charge on any atom is -0.362 e. The zero-order valence-corrected chi connectivity index (χ0v) is 11.4. The normalized spacial score (nSPS) is 37.6. The lowest BCUT2D eigenvalue weighted by atomic mass is 9.81. The van der Waals surface area contributed by atoms with Gasteiger partial charge in [-0.1, -0.05) is 44.4 Å². The van der Waals surface area contributed by atoms with Crippen LogP contribution in [0.3, 0.4) is 0 Å². The van der Waals surface area contributed by atoms with Crippen molar-refractivity contribution in [2.75, 3.05) is 12.3 Å². The van der Waals surface area contributed by atoms with Crippen LogP contribution in [0, 0.1) is 11.8 Å². The second-order valence-electron chi connectivity index (χ2n) is 5.46. The summed E-state index contributed by atoms with van der Waals surface area (Å²) in [6.07, 6.45) is 7.04. The fourth-order valence-electron chi connectivity index (χ4n) is 2.56. The second-order valence-corrected chi connectivity index (χ2v) is 6.47. The van der Waals surface area contributed by atoms with Crippen molar-refractivity contribution < 1.29 is 0 Å². The summed E-state index contributed by atoms with van der Waals surface area (Å²) in [7, 11) is 0. The summed E-state index contributed by atoms with van der Waals surface area (Å²) >= 11 is 1.88. The first-order valence-corrected chi connectivity index (χ1v) is 7.66. The van der Waals surface area contributed by atoms with Crippen molar-refractivity contribution in [3.05, 3.63) is 0 Å². The predicted octanol–water partition coefficient (Wildman–Crippen LogP) is 3.28. The van der Waals surface area contributed by atoms with E-state index in [4.69, 9.17) is 0 Å². The van der Waals surface area contributed by atoms with Gasteiger partial charge < -0.3 is 5.32 Å². The molecule has 0 radical (unpaired) electrons. The van der Waals surface area contributed by atoms with E-state index in [0.29, 0.717) is 6.04 Å². The highest BCUT2D eigenvalue weighted by Gasteiger charge is 2.18. The van der Waals surface area contributed by atoms with Gasteiger partial charge in [0.1, 0.15) is 0 Å². The van der Waals surface area contributed by atoms with E-state index in [9.17, 15) is 0 Å². The zero-order valence-electron chi connectivity index (χ0n) is 10.5. The lowest BCUT2D eigenvalue weighted by Crippen LogP contribution is -2.23. The van der Waals surface area contributed by atoms with Crippen LogP contribution >= 0.6 is 11.8 Å². The molecule has 0 spiro atoms. The molecule has 0 bridgehead atoms. The first kappa shape index (κ1) is 12.3. The number of thioether (sulfide) groups is 1. The summed E-state index contributed by atoms with van der Waals surface area (Å²) in [5.74, 6) is 3.10. The largest absolute Gasteiger partial charge is 0.362 e. The standard InChI is InChI=1S/C13H24N2S/c1-10-3-5-12(6-4-10)7-8-14-13-15-11(2)9-16-13/h10-12H,3-9H2,1-2H3,(H,14,15). The monoisotopic (exact) mass is 240 g/mol. The molecule has 0 aromatic rings. The summed E-state index contributed by atoms with van der Waals surface area (Å²) in [4.78, 5) is 4.66. The van der Waals surface area contributed by atoms with E-state index in [2.05, 4.69) is 24.2 Å². The van der Waals surface area contributed by atoms with Gasteiger partial charge in [-0.3, -0.25) is 4.99 Å². The number of nitrogens with zero attached hydrogens (tertiary/aromatic N) is 1. The molecule has 3 heteroatoms. The molecule has 1 heterocycles. The highest BCUT2D eigenvalue weighted by molar-refractivity contribution is 8.14. The average Bonchev–Trinajstić information content (AvgIpc) is 2.67. The van der Waals surface area contributed by atoms with E-state index < -0.39 is 0 Å². The van der Waals surface area contributed by atoms with Gasteiger partial charge in [-0.15, -0.1) is 0 Å². The molecule has 1 N–H and O–H groups in total. The first-order valence-electron chi connectivity index (χ1n) is 6.68. The molecule has 1 aliphatic carbocycles. The topological polar surface area (TPSA) is 24.4 Å². The van der Waals surface area contributed by atoms with Gasteiger partial charge in [0, 0.05) is 18.3 Å². The van der Waals surface area contributed by atoms with Gasteiger partial charge in [-0.2, -0.15) is 0 Å². The lowest BCUT2D eigenvalue weighted by molar-refractivity contribution is 0.280. The molecule has 1 aliphatic heterocycles. The minimum absolute atomic E-state index is 0.610. The van der Waals surface area contributed by atoms with Gasteiger partial charge >= 0.3 is 0 Å². The van der Waals surface area contributed by atoms with Gasteiger partial charge in [0.25, 0.3) is 0 Å². The molecule has 0 aromatic heterocycles. The number of rotatable bonds is 3. The van der Waals surface area contributed by atoms with E-state index in [1.54, 1.807) is 0 Å². The second kappa shape index (κ2) is 5.95. The van der Waals surface area contributed by atoms with Gasteiger partial charge in [-0.05, 0) is 25.2 Å². The molecule has 2 nitrogen and oxygen atoms in total. The van der Waals surface area contributed by atoms with Gasteiger partial charge in [0.05, 0.1) is 0 Å². The summed E-state index contributed by atoms with van der Waals surface area (Å²) in [5.41, 5.74) is 0. The van der Waals surface area contributed by atoms with Crippen LogP contribution in [0.1, 0.15) is 46.0 Å². The third-order valence-corrected chi connectivity index (χ3v) is 4.96. The Morgan fingerprint density at radius 3 is 2.62 bits per heavy atom. The van der Waals surface area contributed by atoms with Crippen LogP contribution in [-0.2, 0) is 0 Å². The maximum absolute atomic E-state index is 4.66. The average molecular weight is 240 g/mol. The van der Waals surface area contributed by atoms with Crippen molar-refractivity contribution in [3.8, 4) is 0 Å². The van der Waals surface area contributed by atoms with E-state index in [1.165, 1.54) is 43.0 Å². The van der Waals surface area contributed by atoms with Crippen molar-refractivity contribution in [2.24, 2.45) is 16.8 Å². The molecule has 0 aromatic carbocycles. The Morgan fingerprint density at radius 2 is 2.00 bits per heavy atom. The Labute approximate surface area is 104 Å². The summed E-state index contributed by atoms with van der Waals surface area (Å²) in [6.45, 7) is 5.63. The third-order valence-electron chi connectivity index (χ3n) is 3.77. The highest BCUT2D eigenvalue weighted by atomic mass is 32.2. The molecular weight excluding hydrogens is 216 g/mol. The van der Waals surface area contributed by atoms with Crippen LogP contribution in [0.25, 0.3) is 0 Å². The number of aliphatic imine (C=N–C) groups is 1. The smallest absolute Gasteiger partial charge is 0.156 e. The lowest BCUT2D eigenvalue weighted by Gasteiger charge is -2.25. The van der Waals surface area contributed by atoms with Crippen molar-refractivity contribution in [1.29, 1.82) is 0 Å². The number of hydrogen-bond donors (Lipinski definition) is 1. The Hall–Kier alpha value is -0.180. The van der Waals surface area contributed by atoms with Crippen LogP contribution in [0.15, 0.2) is 4.99 Å². The molecular formula is C13H24N2S. The zero-order chi connectivity index (χ0) is 11.4. The van der Waals surface area contributed by atoms with E-state index in [0.717, 1.165) is 18.4 Å². The summed E-state index contributed by atoms with van der Waals surface area (Å²) in [6, 6.07) is 0.610. The SMILES string of the molecule is CC1CCC(CCN=C2NC(C)CS2)CC1. The molecule has 1 saturated carbocycles. The highest BCUT2D eigenvalue weighted by Crippen LogP contribution is 2.30. The van der Waals surface area contributed by atoms with Crippen molar-refractivity contribution >= 4 is 16.9 Å². The van der Waals surface area contributed by atoms with Crippen LogP contribution in [0.4, 0.5) is 0 Å². The van der Waals surface area contributed by atoms with Crippen LogP contribution < -0.4 is 5.32 Å². The van der Waals surface area contributed by atoms with E-state index in [1.807, 2.05) is 11.8 Å². The Morgan fingerprint density at radius 1 is 1.25 bits per heavy atom. The maximum atomic E-state index is 4.66. The predicted molar refractivity (Wildman–Crippen MR) is 73.1 cm³/mol. The molecule has 2 fully saturated rings. The number of hydrogen-bond acceptors (Lipinski definition) is 2. The summed E-state index contributed by atoms with van der Waals surface area (Å²) < 4.78 is 0. The maximum Gasteiger partial charge on any atom is 0.156 e. The first-order chi connectivity index (χ1) is 7.74. The van der Waals surface area contributed by atoms with E-state index in [-0.39, 0.29) is 0 Å². The Bertz CT molecular complexity index is 244. The Kier molecular flexibility index (Phi) is 4.56. The molecule has 16 heavy (non-hydrogen) atoms. The quantitative estimate of drug-likeness (QED) is 0.818. The van der Waals surface area contributed by atoms with Gasteiger partial charge in [0.15, 0.2) is 5.17 Å². The van der Waals surface area contributed by atoms with Crippen LogP contribution in [0.2, 0.25) is 0 Å². The molecule has 92 valence electrons. The van der Waals surface area contributed by atoms with Crippen LogP contribution in [0.5, 0.6) is 0 Å². The van der Waals surface area contributed by atoms with E-state index >= 15 is 0 Å². The molecule has 0 amide bonds. The van der Waals surface area contributed by atoms with Crippen molar-refractivity contribution in [2.45, 2.75) is 52.0 Å². The molecule has 2 aliphatic rings. The number of amidine groups is 1. The van der Waals surface area contributed by atoms with Gasteiger partial charge in [-0.25, -0.2) is 0 Å². The third kappa shape index (κ3) is 3.69. The molecule has 1 atom stereocenters. The fourth-order valence-corrected chi connectivity index (χ4v) is 3.51. The van der Waals surface area contributed by atoms with Crippen LogP contribution in [-0.4, -0.2) is 23.5 Å². The van der Waals surface area contributed by atoms with Gasteiger partial charge in [0.2, 0.25) is 0 Å². The molecule has 2 rings (SSSR count). The summed E-state index contributed by atoms with van der Waals surface area (Å²) in [5, 5.41) is 4.59.